The van der Waals surface area contributed by atoms with Gasteiger partial charge < -0.3 is 14.6 Å². The lowest BCUT2D eigenvalue weighted by molar-refractivity contribution is -0.140. The number of carbonyl (C=O) groups is 2. The van der Waals surface area contributed by atoms with Gasteiger partial charge in [0.05, 0.1) is 19.8 Å². The smallest absolute Gasteiger partial charge is 0.305 e. The zero-order valence-electron chi connectivity index (χ0n) is 18.9. The van der Waals surface area contributed by atoms with Crippen LogP contribution in [0, 0.1) is 11.8 Å². The highest BCUT2D eigenvalue weighted by Gasteiger charge is 2.32. The molecule has 6 heteroatoms. The second-order valence-corrected chi connectivity index (χ2v) is 9.42. The van der Waals surface area contributed by atoms with Gasteiger partial charge in [-0.25, -0.2) is 0 Å². The number of rotatable bonds is 13. The Kier molecular flexibility index (Phi) is 11.3. The normalized spacial score (nSPS) is 20.8. The number of hydrogen-bond acceptors (Lipinski definition) is 6. The lowest BCUT2D eigenvalue weighted by Gasteiger charge is -2.19. The number of thioether (sulfide) groups is 1. The summed E-state index contributed by atoms with van der Waals surface area (Å²) < 4.78 is 9.85. The molecule has 0 aliphatic heterocycles. The molecular weight excluding hydrogens is 412 g/mol. The van der Waals surface area contributed by atoms with E-state index in [1.807, 2.05) is 31.2 Å². The van der Waals surface area contributed by atoms with Crippen LogP contribution in [0.4, 0.5) is 0 Å². The van der Waals surface area contributed by atoms with Crippen molar-refractivity contribution in [3.05, 3.63) is 47.5 Å². The molecule has 1 fully saturated rings. The van der Waals surface area contributed by atoms with Crippen LogP contribution in [0.1, 0.15) is 56.1 Å². The number of ether oxygens (including phenoxy) is 2. The first-order valence-electron chi connectivity index (χ1n) is 11.1. The van der Waals surface area contributed by atoms with Gasteiger partial charge >= 0.3 is 5.97 Å². The van der Waals surface area contributed by atoms with Crippen LogP contribution in [0.25, 0.3) is 0 Å². The van der Waals surface area contributed by atoms with Crippen LogP contribution in [0.5, 0.6) is 0 Å². The average molecular weight is 449 g/mol. The summed E-state index contributed by atoms with van der Waals surface area (Å²) in [6, 6.07) is 8.11. The van der Waals surface area contributed by atoms with Gasteiger partial charge in [-0.15, -0.1) is 0 Å². The summed E-state index contributed by atoms with van der Waals surface area (Å²) >= 11 is 1.78. The van der Waals surface area contributed by atoms with Crippen LogP contribution in [0.15, 0.2) is 36.4 Å². The summed E-state index contributed by atoms with van der Waals surface area (Å²) in [6.45, 7) is 2.57. The Balaban J connectivity index is 1.83. The minimum absolute atomic E-state index is 0.0334. The van der Waals surface area contributed by atoms with E-state index < -0.39 is 6.10 Å². The van der Waals surface area contributed by atoms with Gasteiger partial charge in [-0.05, 0) is 47.8 Å². The Hall–Kier alpha value is -1.63. The average Bonchev–Trinajstić information content (AvgIpc) is 3.13. The molecule has 1 aromatic carbocycles. The van der Waals surface area contributed by atoms with E-state index in [2.05, 4.69) is 16.9 Å². The molecule has 1 unspecified atom stereocenters. The molecular formula is C25H36O5S. The SMILES string of the molecule is COCc1cccc(C(C)[C@H](O)/C=C/[C@H]2CCC(=O)[C@@H]2CCSCCCC(=O)OC)c1. The number of carbonyl (C=O) groups excluding carboxylic acids is 2. The molecule has 31 heavy (non-hydrogen) atoms. The Labute approximate surface area is 190 Å². The molecule has 1 aromatic rings. The van der Waals surface area contributed by atoms with Crippen LogP contribution < -0.4 is 0 Å². The van der Waals surface area contributed by atoms with E-state index in [1.165, 1.54) is 7.11 Å². The number of allylic oxidation sites excluding steroid dienone is 1. The van der Waals surface area contributed by atoms with Gasteiger partial charge in [0.2, 0.25) is 0 Å². The Morgan fingerprint density at radius 2 is 2.13 bits per heavy atom. The molecule has 4 atom stereocenters. The Bertz CT molecular complexity index is 732. The van der Waals surface area contributed by atoms with Crippen molar-refractivity contribution >= 4 is 23.5 Å². The highest BCUT2D eigenvalue weighted by molar-refractivity contribution is 7.99. The highest BCUT2D eigenvalue weighted by Crippen LogP contribution is 2.34. The van der Waals surface area contributed by atoms with Gasteiger partial charge in [0.1, 0.15) is 5.78 Å². The minimum atomic E-state index is -0.596. The molecule has 0 spiro atoms. The lowest BCUT2D eigenvalue weighted by atomic mass is 9.89. The van der Waals surface area contributed by atoms with Gasteiger partial charge in [-0.3, -0.25) is 9.59 Å². The molecule has 1 N–H and O–H groups in total. The van der Waals surface area contributed by atoms with Gasteiger partial charge in [-0.1, -0.05) is 43.3 Å². The number of Topliss-reactive ketones (excluding diaryl/α,β-unsaturated/α-hetero) is 1. The number of aliphatic hydroxyl groups excluding tert-OH is 1. The molecule has 0 aromatic heterocycles. The van der Waals surface area contributed by atoms with Crippen molar-refractivity contribution in [2.45, 2.75) is 57.7 Å². The van der Waals surface area contributed by atoms with Gasteiger partial charge in [0.15, 0.2) is 0 Å². The van der Waals surface area contributed by atoms with Crippen molar-refractivity contribution in [3.63, 3.8) is 0 Å². The summed E-state index contributed by atoms with van der Waals surface area (Å²) in [5, 5.41) is 10.7. The van der Waals surface area contributed by atoms with Crippen molar-refractivity contribution in [2.24, 2.45) is 11.8 Å². The van der Waals surface area contributed by atoms with Gasteiger partial charge in [-0.2, -0.15) is 11.8 Å². The summed E-state index contributed by atoms with van der Waals surface area (Å²) in [5.41, 5.74) is 2.17. The van der Waals surface area contributed by atoms with E-state index in [9.17, 15) is 14.7 Å². The molecule has 1 saturated carbocycles. The fourth-order valence-electron chi connectivity index (χ4n) is 4.03. The Morgan fingerprint density at radius 1 is 1.32 bits per heavy atom. The maximum Gasteiger partial charge on any atom is 0.305 e. The molecule has 172 valence electrons. The van der Waals surface area contributed by atoms with Crippen molar-refractivity contribution in [1.82, 2.24) is 0 Å². The van der Waals surface area contributed by atoms with Crippen LogP contribution in [-0.4, -0.2) is 48.7 Å². The maximum atomic E-state index is 12.4. The third-order valence-electron chi connectivity index (χ3n) is 5.98. The van der Waals surface area contributed by atoms with Crippen LogP contribution in [0.2, 0.25) is 0 Å². The second-order valence-electron chi connectivity index (χ2n) is 8.20. The van der Waals surface area contributed by atoms with Crippen molar-refractivity contribution in [2.75, 3.05) is 25.7 Å². The number of ketones is 1. The first-order chi connectivity index (χ1) is 15.0. The van der Waals surface area contributed by atoms with Crippen LogP contribution in [0.3, 0.4) is 0 Å². The molecule has 0 heterocycles. The molecule has 5 nitrogen and oxygen atoms in total. The monoisotopic (exact) mass is 448 g/mol. The summed E-state index contributed by atoms with van der Waals surface area (Å²) in [5.74, 6) is 2.17. The maximum absolute atomic E-state index is 12.4. The van der Waals surface area contributed by atoms with Gasteiger partial charge in [0, 0.05) is 31.8 Å². The first-order valence-corrected chi connectivity index (χ1v) is 12.2. The molecule has 1 aliphatic rings. The number of hydrogen-bond donors (Lipinski definition) is 1. The number of methoxy groups -OCH3 is 2. The predicted molar refractivity (Wildman–Crippen MR) is 125 cm³/mol. The quantitative estimate of drug-likeness (QED) is 0.272. The minimum Gasteiger partial charge on any atom is -0.469 e. The number of aliphatic hydroxyl groups is 1. The standard InChI is InChI=1S/C25H36O5S/c1-18(21-7-4-6-19(16-21)17-29-2)23(26)11-9-20-10-12-24(27)22(20)13-15-31-14-5-8-25(28)30-3/h4,6-7,9,11,16,18,20,22-23,26H,5,8,10,12-15,17H2,1-3H3/b11-9+/t18?,20-,22+,23+/m0/s1. The predicted octanol–water partition coefficient (Wildman–Crippen LogP) is 4.53. The van der Waals surface area contributed by atoms with E-state index in [0.29, 0.717) is 25.2 Å². The summed E-state index contributed by atoms with van der Waals surface area (Å²) in [7, 11) is 3.08. The largest absolute Gasteiger partial charge is 0.469 e. The summed E-state index contributed by atoms with van der Waals surface area (Å²) in [4.78, 5) is 23.5. The molecule has 0 saturated heterocycles. The second kappa shape index (κ2) is 13.7. The Morgan fingerprint density at radius 3 is 2.87 bits per heavy atom. The fraction of sp³-hybridized carbons (Fsp3) is 0.600. The van der Waals surface area contributed by atoms with Crippen molar-refractivity contribution in [3.8, 4) is 0 Å². The molecule has 2 rings (SSSR count). The van der Waals surface area contributed by atoms with E-state index in [0.717, 1.165) is 41.9 Å². The zero-order valence-corrected chi connectivity index (χ0v) is 19.7. The van der Waals surface area contributed by atoms with Crippen LogP contribution >= 0.6 is 11.8 Å². The third-order valence-corrected chi connectivity index (χ3v) is 7.08. The fourth-order valence-corrected chi connectivity index (χ4v) is 5.00. The molecule has 0 radical (unpaired) electrons. The zero-order chi connectivity index (χ0) is 22.6. The van der Waals surface area contributed by atoms with Crippen LogP contribution in [-0.2, 0) is 25.7 Å². The van der Waals surface area contributed by atoms with E-state index >= 15 is 0 Å². The molecule has 1 aliphatic carbocycles. The van der Waals surface area contributed by atoms with E-state index in [4.69, 9.17) is 4.74 Å². The van der Waals surface area contributed by atoms with E-state index in [-0.39, 0.29) is 23.7 Å². The van der Waals surface area contributed by atoms with Gasteiger partial charge in [0.25, 0.3) is 0 Å². The highest BCUT2D eigenvalue weighted by atomic mass is 32.2. The topological polar surface area (TPSA) is 72.8 Å². The third kappa shape index (κ3) is 8.43. The summed E-state index contributed by atoms with van der Waals surface area (Å²) in [6.07, 6.45) is 6.90. The van der Waals surface area contributed by atoms with Crippen molar-refractivity contribution in [1.29, 1.82) is 0 Å². The van der Waals surface area contributed by atoms with E-state index in [1.54, 1.807) is 18.9 Å². The molecule has 0 amide bonds. The number of esters is 1. The first kappa shape index (κ1) is 25.6. The molecule has 0 bridgehead atoms. The van der Waals surface area contributed by atoms with Crippen molar-refractivity contribution < 1.29 is 24.2 Å². The number of benzene rings is 1. The lowest BCUT2D eigenvalue weighted by Crippen LogP contribution is -2.17.